The number of benzene rings is 2. The topological polar surface area (TPSA) is 30.5 Å². The van der Waals surface area contributed by atoms with E-state index in [0.717, 1.165) is 22.4 Å². The monoisotopic (exact) mass is 289 g/mol. The van der Waals surface area contributed by atoms with Crippen LogP contribution in [-0.2, 0) is 13.2 Å². The van der Waals surface area contributed by atoms with E-state index in [1.54, 1.807) is 7.11 Å². The zero-order chi connectivity index (χ0) is 15.2. The zero-order valence-corrected chi connectivity index (χ0v) is 12.6. The molecule has 3 nitrogen and oxygen atoms in total. The van der Waals surface area contributed by atoms with E-state index >= 15 is 0 Å². The van der Waals surface area contributed by atoms with E-state index in [1.165, 1.54) is 12.1 Å². The van der Waals surface area contributed by atoms with Crippen molar-refractivity contribution in [3.8, 4) is 11.5 Å². The number of rotatable bonds is 6. The van der Waals surface area contributed by atoms with Crippen LogP contribution in [0.2, 0.25) is 0 Å². The highest BCUT2D eigenvalue weighted by molar-refractivity contribution is 5.37. The molecule has 0 aliphatic rings. The quantitative estimate of drug-likeness (QED) is 0.883. The van der Waals surface area contributed by atoms with Gasteiger partial charge in [0.25, 0.3) is 0 Å². The van der Waals surface area contributed by atoms with Crippen molar-refractivity contribution in [3.05, 3.63) is 58.9 Å². The Hall–Kier alpha value is -2.07. The third-order valence-corrected chi connectivity index (χ3v) is 3.14. The fraction of sp³-hybridized carbons (Fsp3) is 0.294. The Morgan fingerprint density at radius 1 is 1.14 bits per heavy atom. The van der Waals surface area contributed by atoms with Gasteiger partial charge in [-0.05, 0) is 43.8 Å². The summed E-state index contributed by atoms with van der Waals surface area (Å²) in [4.78, 5) is 0. The average molecular weight is 289 g/mol. The zero-order valence-electron chi connectivity index (χ0n) is 12.6. The Bertz CT molecular complexity index is 614. The second kappa shape index (κ2) is 7.09. The lowest BCUT2D eigenvalue weighted by Crippen LogP contribution is -2.06. The van der Waals surface area contributed by atoms with Crippen LogP contribution in [0.25, 0.3) is 0 Å². The van der Waals surface area contributed by atoms with E-state index in [2.05, 4.69) is 5.32 Å². The van der Waals surface area contributed by atoms with E-state index in [9.17, 15) is 4.39 Å². The third-order valence-electron chi connectivity index (χ3n) is 3.14. The Kier molecular flexibility index (Phi) is 5.17. The molecule has 0 fully saturated rings. The van der Waals surface area contributed by atoms with Crippen molar-refractivity contribution in [1.29, 1.82) is 0 Å². The summed E-state index contributed by atoms with van der Waals surface area (Å²) >= 11 is 0. The summed E-state index contributed by atoms with van der Waals surface area (Å²) in [7, 11) is 3.45. The highest BCUT2D eigenvalue weighted by atomic mass is 19.1. The maximum absolute atomic E-state index is 13.6. The second-order valence-corrected chi connectivity index (χ2v) is 4.93. The molecule has 21 heavy (non-hydrogen) atoms. The van der Waals surface area contributed by atoms with Gasteiger partial charge in [0.15, 0.2) is 0 Å². The van der Waals surface area contributed by atoms with E-state index < -0.39 is 0 Å². The van der Waals surface area contributed by atoms with Gasteiger partial charge in [0.2, 0.25) is 0 Å². The van der Waals surface area contributed by atoms with Gasteiger partial charge in [-0.2, -0.15) is 0 Å². The molecule has 0 spiro atoms. The maximum Gasteiger partial charge on any atom is 0.127 e. The second-order valence-electron chi connectivity index (χ2n) is 4.93. The van der Waals surface area contributed by atoms with Crippen molar-refractivity contribution >= 4 is 0 Å². The minimum atomic E-state index is -0.297. The molecule has 0 aromatic heterocycles. The van der Waals surface area contributed by atoms with Crippen LogP contribution < -0.4 is 14.8 Å². The number of ether oxygens (including phenoxy) is 2. The molecule has 0 aliphatic carbocycles. The molecule has 2 aromatic carbocycles. The van der Waals surface area contributed by atoms with Crippen molar-refractivity contribution in [2.45, 2.75) is 20.1 Å². The summed E-state index contributed by atoms with van der Waals surface area (Å²) in [5.74, 6) is 0.991. The fourth-order valence-corrected chi connectivity index (χ4v) is 2.19. The molecule has 0 heterocycles. The number of hydrogen-bond donors (Lipinski definition) is 1. The van der Waals surface area contributed by atoms with Crippen LogP contribution in [0.1, 0.15) is 16.7 Å². The van der Waals surface area contributed by atoms with E-state index in [4.69, 9.17) is 9.47 Å². The minimum Gasteiger partial charge on any atom is -0.496 e. The molecule has 0 aliphatic heterocycles. The standard InChI is InChI=1S/C17H20FNO2/c1-12-4-5-17(20-3)14(6-12)11-21-16-8-13(10-19-2)7-15(18)9-16/h4-9,19H,10-11H2,1-3H3. The van der Waals surface area contributed by atoms with Gasteiger partial charge in [-0.15, -0.1) is 0 Å². The first-order chi connectivity index (χ1) is 10.1. The predicted octanol–water partition coefficient (Wildman–Crippen LogP) is 3.44. The Labute approximate surface area is 124 Å². The first kappa shape index (κ1) is 15.3. The highest BCUT2D eigenvalue weighted by Gasteiger charge is 2.06. The molecule has 0 amide bonds. The molecule has 2 rings (SSSR count). The van der Waals surface area contributed by atoms with Crippen LogP contribution in [0, 0.1) is 12.7 Å². The number of aryl methyl sites for hydroxylation is 1. The number of methoxy groups -OCH3 is 1. The lowest BCUT2D eigenvalue weighted by molar-refractivity contribution is 0.295. The van der Waals surface area contributed by atoms with Crippen LogP contribution in [0.15, 0.2) is 36.4 Å². The molecule has 0 atom stereocenters. The van der Waals surface area contributed by atoms with E-state index in [0.29, 0.717) is 18.9 Å². The fourth-order valence-electron chi connectivity index (χ4n) is 2.19. The SMILES string of the molecule is CNCc1cc(F)cc(OCc2cc(C)ccc2OC)c1. The van der Waals surface area contributed by atoms with Crippen molar-refractivity contribution in [2.24, 2.45) is 0 Å². The van der Waals surface area contributed by atoms with Gasteiger partial charge in [-0.25, -0.2) is 4.39 Å². The summed E-state index contributed by atoms with van der Waals surface area (Å²) in [6.45, 7) is 2.95. The molecule has 0 saturated carbocycles. The van der Waals surface area contributed by atoms with Gasteiger partial charge in [-0.3, -0.25) is 0 Å². The summed E-state index contributed by atoms with van der Waals surface area (Å²) < 4.78 is 24.6. The molecular weight excluding hydrogens is 269 g/mol. The van der Waals surface area contributed by atoms with Gasteiger partial charge in [0.05, 0.1) is 7.11 Å². The van der Waals surface area contributed by atoms with Gasteiger partial charge >= 0.3 is 0 Å². The maximum atomic E-state index is 13.6. The number of hydrogen-bond acceptors (Lipinski definition) is 3. The third kappa shape index (κ3) is 4.20. The number of halogens is 1. The molecule has 112 valence electrons. The van der Waals surface area contributed by atoms with Crippen LogP contribution in [0.4, 0.5) is 4.39 Å². The first-order valence-corrected chi connectivity index (χ1v) is 6.82. The van der Waals surface area contributed by atoms with Crippen molar-refractivity contribution in [3.63, 3.8) is 0 Å². The van der Waals surface area contributed by atoms with Crippen LogP contribution in [0.3, 0.4) is 0 Å². The van der Waals surface area contributed by atoms with Gasteiger partial charge in [0.1, 0.15) is 23.9 Å². The largest absolute Gasteiger partial charge is 0.496 e. The van der Waals surface area contributed by atoms with Crippen LogP contribution in [-0.4, -0.2) is 14.2 Å². The molecule has 1 N–H and O–H groups in total. The lowest BCUT2D eigenvalue weighted by atomic mass is 10.1. The van der Waals surface area contributed by atoms with Crippen molar-refractivity contribution in [2.75, 3.05) is 14.2 Å². The normalized spacial score (nSPS) is 10.5. The average Bonchev–Trinajstić information content (AvgIpc) is 2.45. The van der Waals surface area contributed by atoms with Gasteiger partial charge < -0.3 is 14.8 Å². The summed E-state index contributed by atoms with van der Waals surface area (Å²) in [5, 5.41) is 3.00. The first-order valence-electron chi connectivity index (χ1n) is 6.82. The van der Waals surface area contributed by atoms with E-state index in [1.807, 2.05) is 38.2 Å². The molecule has 0 bridgehead atoms. The van der Waals surface area contributed by atoms with E-state index in [-0.39, 0.29) is 5.82 Å². The van der Waals surface area contributed by atoms with Crippen LogP contribution in [0.5, 0.6) is 11.5 Å². The Morgan fingerprint density at radius 2 is 1.95 bits per heavy atom. The molecule has 0 radical (unpaired) electrons. The highest BCUT2D eigenvalue weighted by Crippen LogP contribution is 2.23. The smallest absolute Gasteiger partial charge is 0.127 e. The number of nitrogens with one attached hydrogen (secondary N) is 1. The molecule has 0 unspecified atom stereocenters. The molecule has 0 saturated heterocycles. The predicted molar refractivity (Wildman–Crippen MR) is 81.2 cm³/mol. The molecule has 2 aromatic rings. The molecule has 4 heteroatoms. The lowest BCUT2D eigenvalue weighted by Gasteiger charge is -2.12. The van der Waals surface area contributed by atoms with Crippen LogP contribution >= 0.6 is 0 Å². The summed E-state index contributed by atoms with van der Waals surface area (Å²) in [6, 6.07) is 10.6. The van der Waals surface area contributed by atoms with Crippen molar-refractivity contribution < 1.29 is 13.9 Å². The summed E-state index contributed by atoms with van der Waals surface area (Å²) in [6.07, 6.45) is 0. The van der Waals surface area contributed by atoms with Gasteiger partial charge in [0, 0.05) is 18.2 Å². The summed E-state index contributed by atoms with van der Waals surface area (Å²) in [5.41, 5.74) is 2.92. The minimum absolute atomic E-state index is 0.297. The van der Waals surface area contributed by atoms with Gasteiger partial charge in [-0.1, -0.05) is 11.6 Å². The van der Waals surface area contributed by atoms with Crippen molar-refractivity contribution in [1.82, 2.24) is 5.32 Å². The Morgan fingerprint density at radius 3 is 2.67 bits per heavy atom. The Balaban J connectivity index is 2.14. The molecular formula is C17H20FNO2.